The summed E-state index contributed by atoms with van der Waals surface area (Å²) in [7, 11) is 0. The summed E-state index contributed by atoms with van der Waals surface area (Å²) in [5, 5.41) is 0. The number of benzene rings is 3. The van der Waals surface area contributed by atoms with Gasteiger partial charge in [0, 0.05) is 4.47 Å². The Morgan fingerprint density at radius 1 is 0.792 bits per heavy atom. The third-order valence-corrected chi connectivity index (χ3v) is 4.38. The summed E-state index contributed by atoms with van der Waals surface area (Å²) < 4.78 is 1.07. The number of aromatic nitrogens is 2. The smallest absolute Gasteiger partial charge is 0.131 e. The van der Waals surface area contributed by atoms with Crippen LogP contribution in [0.15, 0.2) is 77.3 Å². The summed E-state index contributed by atoms with van der Waals surface area (Å²) in [5.74, 6) is 0.857. The molecule has 1 heterocycles. The van der Waals surface area contributed by atoms with Crippen molar-refractivity contribution >= 4 is 39.1 Å². The molecule has 0 spiro atoms. The predicted octanol–water partition coefficient (Wildman–Crippen LogP) is 6.16. The van der Waals surface area contributed by atoms with E-state index in [0.29, 0.717) is 0 Å². The number of rotatable bonds is 3. The van der Waals surface area contributed by atoms with Gasteiger partial charge in [-0.15, -0.1) is 0 Å². The topological polar surface area (TPSA) is 28.7 Å². The molecule has 116 valence electrons. The van der Waals surface area contributed by atoms with Crippen molar-refractivity contribution in [2.24, 2.45) is 0 Å². The fourth-order valence-corrected chi connectivity index (χ4v) is 3.12. The second kappa shape index (κ2) is 6.46. The largest absolute Gasteiger partial charge is 0.338 e. The molecular weight excluding hydrogens is 360 g/mol. The molecule has 0 aliphatic carbocycles. The highest BCUT2D eigenvalue weighted by molar-refractivity contribution is 9.10. The zero-order chi connectivity index (χ0) is 16.4. The first kappa shape index (κ1) is 14.9. The quantitative estimate of drug-likeness (QED) is 0.456. The lowest BCUT2D eigenvalue weighted by atomic mass is 10.1. The molecule has 0 radical (unpaired) electrons. The van der Waals surface area contributed by atoms with Gasteiger partial charge in [0.05, 0.1) is 11.0 Å². The van der Waals surface area contributed by atoms with Crippen molar-refractivity contribution in [2.75, 3.05) is 0 Å². The highest BCUT2D eigenvalue weighted by Gasteiger charge is 2.03. The first-order valence-electron chi connectivity index (χ1n) is 7.77. The van der Waals surface area contributed by atoms with Crippen LogP contribution >= 0.6 is 15.9 Å². The second-order valence-corrected chi connectivity index (χ2v) is 6.52. The number of halogens is 1. The zero-order valence-corrected chi connectivity index (χ0v) is 14.5. The fraction of sp³-hybridized carbons (Fsp3) is 0. The van der Waals surface area contributed by atoms with E-state index >= 15 is 0 Å². The van der Waals surface area contributed by atoms with Gasteiger partial charge in [-0.1, -0.05) is 70.5 Å². The minimum Gasteiger partial charge on any atom is -0.338 e. The van der Waals surface area contributed by atoms with Crippen LogP contribution in [0.1, 0.15) is 11.4 Å². The lowest BCUT2D eigenvalue weighted by molar-refractivity contribution is 1.29. The van der Waals surface area contributed by atoms with Crippen molar-refractivity contribution in [2.45, 2.75) is 0 Å². The van der Waals surface area contributed by atoms with E-state index in [1.807, 2.05) is 24.3 Å². The Kier molecular flexibility index (Phi) is 4.01. The van der Waals surface area contributed by atoms with Gasteiger partial charge in [-0.3, -0.25) is 0 Å². The molecule has 4 rings (SSSR count). The second-order valence-electron chi connectivity index (χ2n) is 5.61. The highest BCUT2D eigenvalue weighted by atomic mass is 79.9. The molecule has 0 saturated heterocycles. The lowest BCUT2D eigenvalue weighted by Gasteiger charge is -2.00. The number of hydrogen-bond acceptors (Lipinski definition) is 1. The molecule has 4 aromatic rings. The van der Waals surface area contributed by atoms with E-state index < -0.39 is 0 Å². The van der Waals surface area contributed by atoms with Crippen LogP contribution in [0, 0.1) is 0 Å². The first-order valence-corrected chi connectivity index (χ1v) is 8.56. The maximum Gasteiger partial charge on any atom is 0.131 e. The minimum absolute atomic E-state index is 0.857. The maximum absolute atomic E-state index is 4.63. The van der Waals surface area contributed by atoms with Gasteiger partial charge < -0.3 is 4.98 Å². The number of H-pyrrole nitrogens is 1. The standard InChI is InChI=1S/C21H15BrN2/c22-18-8-4-5-15(13-18)9-12-21-23-19-11-10-17(14-20(19)24-21)16-6-2-1-3-7-16/h1-14H,(H,23,24)/b12-9+. The molecule has 24 heavy (non-hydrogen) atoms. The monoisotopic (exact) mass is 374 g/mol. The van der Waals surface area contributed by atoms with E-state index in [1.54, 1.807) is 0 Å². The lowest BCUT2D eigenvalue weighted by Crippen LogP contribution is -1.77. The van der Waals surface area contributed by atoms with Gasteiger partial charge >= 0.3 is 0 Å². The zero-order valence-electron chi connectivity index (χ0n) is 12.9. The van der Waals surface area contributed by atoms with Crippen molar-refractivity contribution in [1.29, 1.82) is 0 Å². The molecule has 0 bridgehead atoms. The Labute approximate surface area is 149 Å². The van der Waals surface area contributed by atoms with Gasteiger partial charge in [0.25, 0.3) is 0 Å². The molecule has 0 aliphatic rings. The van der Waals surface area contributed by atoms with Gasteiger partial charge in [0.2, 0.25) is 0 Å². The van der Waals surface area contributed by atoms with Crippen LogP contribution in [0.4, 0.5) is 0 Å². The predicted molar refractivity (Wildman–Crippen MR) is 105 cm³/mol. The molecule has 0 fully saturated rings. The molecule has 0 amide bonds. The van der Waals surface area contributed by atoms with E-state index in [-0.39, 0.29) is 0 Å². The Morgan fingerprint density at radius 3 is 2.50 bits per heavy atom. The Morgan fingerprint density at radius 2 is 1.67 bits per heavy atom. The van der Waals surface area contributed by atoms with E-state index in [4.69, 9.17) is 0 Å². The van der Waals surface area contributed by atoms with Crippen LogP contribution in [-0.4, -0.2) is 9.97 Å². The number of aromatic amines is 1. The molecule has 0 saturated carbocycles. The van der Waals surface area contributed by atoms with Crippen LogP contribution in [0.25, 0.3) is 34.3 Å². The SMILES string of the molecule is Brc1cccc(/C=C/c2nc3ccc(-c4ccccc4)cc3[nH]2)c1. The number of nitrogens with one attached hydrogen (secondary N) is 1. The molecule has 0 atom stereocenters. The van der Waals surface area contributed by atoms with Gasteiger partial charge in [-0.05, 0) is 47.0 Å². The summed E-state index contributed by atoms with van der Waals surface area (Å²) >= 11 is 3.49. The first-order chi connectivity index (χ1) is 11.8. The third kappa shape index (κ3) is 3.17. The molecule has 3 aromatic carbocycles. The van der Waals surface area contributed by atoms with Crippen molar-refractivity contribution < 1.29 is 0 Å². The summed E-state index contributed by atoms with van der Waals surface area (Å²) in [4.78, 5) is 8.01. The van der Waals surface area contributed by atoms with Crippen LogP contribution in [-0.2, 0) is 0 Å². The van der Waals surface area contributed by atoms with Gasteiger partial charge in [0.1, 0.15) is 5.82 Å². The van der Waals surface area contributed by atoms with Gasteiger partial charge in [-0.2, -0.15) is 0 Å². The minimum atomic E-state index is 0.857. The Balaban J connectivity index is 1.66. The maximum atomic E-state index is 4.63. The van der Waals surface area contributed by atoms with Crippen molar-refractivity contribution in [3.63, 3.8) is 0 Å². The number of imidazole rings is 1. The summed E-state index contributed by atoms with van der Waals surface area (Å²) in [6.07, 6.45) is 4.06. The van der Waals surface area contributed by atoms with E-state index in [0.717, 1.165) is 26.9 Å². The average molecular weight is 375 g/mol. The van der Waals surface area contributed by atoms with Crippen molar-refractivity contribution in [1.82, 2.24) is 9.97 Å². The third-order valence-electron chi connectivity index (χ3n) is 3.89. The van der Waals surface area contributed by atoms with E-state index in [9.17, 15) is 0 Å². The van der Waals surface area contributed by atoms with Crippen LogP contribution in [0.2, 0.25) is 0 Å². The van der Waals surface area contributed by atoms with E-state index in [1.165, 1.54) is 11.1 Å². The van der Waals surface area contributed by atoms with Crippen molar-refractivity contribution in [3.05, 3.63) is 88.7 Å². The van der Waals surface area contributed by atoms with Crippen LogP contribution < -0.4 is 0 Å². The number of hydrogen-bond donors (Lipinski definition) is 1. The molecule has 0 unspecified atom stereocenters. The molecule has 3 heteroatoms. The van der Waals surface area contributed by atoms with Crippen LogP contribution in [0.3, 0.4) is 0 Å². The average Bonchev–Trinajstić information content (AvgIpc) is 3.03. The summed E-state index contributed by atoms with van der Waals surface area (Å²) in [5.41, 5.74) is 5.55. The fourth-order valence-electron chi connectivity index (χ4n) is 2.70. The molecule has 0 aliphatic heterocycles. The van der Waals surface area contributed by atoms with E-state index in [2.05, 4.69) is 86.6 Å². The number of fused-ring (bicyclic) bond motifs is 1. The number of nitrogens with zero attached hydrogens (tertiary/aromatic N) is 1. The molecule has 2 nitrogen and oxygen atoms in total. The molecule has 1 aromatic heterocycles. The molecule has 1 N–H and O–H groups in total. The highest BCUT2D eigenvalue weighted by Crippen LogP contribution is 2.23. The Hall–Kier alpha value is -2.65. The van der Waals surface area contributed by atoms with Gasteiger partial charge in [0.15, 0.2) is 0 Å². The van der Waals surface area contributed by atoms with Gasteiger partial charge in [-0.25, -0.2) is 4.98 Å². The van der Waals surface area contributed by atoms with Crippen molar-refractivity contribution in [3.8, 4) is 11.1 Å². The Bertz CT molecular complexity index is 1020. The summed E-state index contributed by atoms with van der Waals surface area (Å²) in [6, 6.07) is 24.9. The normalized spacial score (nSPS) is 11.4. The molecular formula is C21H15BrN2. The van der Waals surface area contributed by atoms with Crippen LogP contribution in [0.5, 0.6) is 0 Å². The summed E-state index contributed by atoms with van der Waals surface area (Å²) in [6.45, 7) is 0.